The summed E-state index contributed by atoms with van der Waals surface area (Å²) < 4.78 is 30.3. The van der Waals surface area contributed by atoms with E-state index in [2.05, 4.69) is 4.98 Å². The molecule has 7 nitrogen and oxygen atoms in total. The molecule has 0 aliphatic carbocycles. The fraction of sp³-hybridized carbons (Fsp3) is 0.400. The molecule has 1 aliphatic heterocycles. The Morgan fingerprint density at radius 1 is 1.21 bits per heavy atom. The molecule has 2 aromatic rings. The Hall–Kier alpha value is -2.45. The first-order valence-electron chi connectivity index (χ1n) is 9.19. The second-order valence-corrected chi connectivity index (χ2v) is 8.93. The van der Waals surface area contributed by atoms with Crippen molar-refractivity contribution in [1.29, 1.82) is 0 Å². The number of carbonyl (C=O) groups is 1. The third-order valence-electron chi connectivity index (χ3n) is 4.79. The number of benzene rings is 1. The standard InChI is InChI=1S/C20H25N3O4S/c1-22(28(2,25)26)18-10-8-16(9-11-18)20(24)23(15-19-7-5-13-27-19)14-17-6-3-4-12-21-17/h3-4,6,8-12,19H,5,7,13-15H2,1-2H3. The molecule has 0 bridgehead atoms. The predicted octanol–water partition coefficient (Wildman–Crippen LogP) is 2.30. The average Bonchev–Trinajstić information content (AvgIpc) is 3.20. The van der Waals surface area contributed by atoms with Gasteiger partial charge in [-0.15, -0.1) is 0 Å². The van der Waals surface area contributed by atoms with Crippen LogP contribution in [-0.4, -0.2) is 56.8 Å². The van der Waals surface area contributed by atoms with E-state index in [0.29, 0.717) is 24.3 Å². The van der Waals surface area contributed by atoms with Gasteiger partial charge >= 0.3 is 0 Å². The molecule has 2 heterocycles. The highest BCUT2D eigenvalue weighted by atomic mass is 32.2. The lowest BCUT2D eigenvalue weighted by molar-refractivity contribution is 0.0504. The molecule has 8 heteroatoms. The number of hydrogen-bond donors (Lipinski definition) is 0. The molecule has 0 spiro atoms. The molecule has 28 heavy (non-hydrogen) atoms. The molecule has 1 atom stereocenters. The maximum Gasteiger partial charge on any atom is 0.254 e. The first-order chi connectivity index (χ1) is 13.3. The highest BCUT2D eigenvalue weighted by Gasteiger charge is 2.24. The molecule has 0 N–H and O–H groups in total. The zero-order valence-electron chi connectivity index (χ0n) is 16.1. The average molecular weight is 404 g/mol. The van der Waals surface area contributed by atoms with Crippen LogP contribution in [0.2, 0.25) is 0 Å². The highest BCUT2D eigenvalue weighted by Crippen LogP contribution is 2.20. The number of rotatable bonds is 7. The van der Waals surface area contributed by atoms with Crippen molar-refractivity contribution in [3.8, 4) is 0 Å². The highest BCUT2D eigenvalue weighted by molar-refractivity contribution is 7.92. The van der Waals surface area contributed by atoms with Gasteiger partial charge in [-0.05, 0) is 49.2 Å². The normalized spacial score (nSPS) is 16.7. The number of nitrogens with zero attached hydrogens (tertiary/aromatic N) is 3. The zero-order valence-corrected chi connectivity index (χ0v) is 16.9. The smallest absolute Gasteiger partial charge is 0.254 e. The molecule has 1 fully saturated rings. The van der Waals surface area contributed by atoms with Gasteiger partial charge < -0.3 is 9.64 Å². The molecule has 1 aliphatic rings. The molecular formula is C20H25N3O4S. The third kappa shape index (κ3) is 5.08. The Bertz CT molecular complexity index is 895. The Morgan fingerprint density at radius 2 is 1.96 bits per heavy atom. The summed E-state index contributed by atoms with van der Waals surface area (Å²) in [7, 11) is -1.87. The largest absolute Gasteiger partial charge is 0.376 e. The van der Waals surface area contributed by atoms with Gasteiger partial charge in [0.15, 0.2) is 0 Å². The van der Waals surface area contributed by atoms with Crippen LogP contribution in [-0.2, 0) is 21.3 Å². The van der Waals surface area contributed by atoms with E-state index in [1.54, 1.807) is 35.4 Å². The van der Waals surface area contributed by atoms with Crippen LogP contribution in [0.25, 0.3) is 0 Å². The number of pyridine rings is 1. The Kier molecular flexibility index (Phi) is 6.31. The lowest BCUT2D eigenvalue weighted by Crippen LogP contribution is -2.37. The van der Waals surface area contributed by atoms with Gasteiger partial charge in [0.2, 0.25) is 10.0 Å². The van der Waals surface area contributed by atoms with Crippen molar-refractivity contribution in [2.24, 2.45) is 0 Å². The van der Waals surface area contributed by atoms with E-state index < -0.39 is 10.0 Å². The van der Waals surface area contributed by atoms with Gasteiger partial charge in [0.25, 0.3) is 5.91 Å². The quantitative estimate of drug-likeness (QED) is 0.709. The summed E-state index contributed by atoms with van der Waals surface area (Å²) >= 11 is 0. The van der Waals surface area contributed by atoms with E-state index in [1.165, 1.54) is 11.4 Å². The molecule has 0 radical (unpaired) electrons. The number of hydrogen-bond acceptors (Lipinski definition) is 5. The Balaban J connectivity index is 1.79. The summed E-state index contributed by atoms with van der Waals surface area (Å²) in [5.41, 5.74) is 1.82. The SMILES string of the molecule is CN(c1ccc(C(=O)N(Cc2ccccn2)CC2CCCO2)cc1)S(C)(=O)=O. The van der Waals surface area contributed by atoms with Gasteiger partial charge in [0.1, 0.15) is 0 Å². The molecule has 1 aromatic carbocycles. The van der Waals surface area contributed by atoms with Crippen molar-refractivity contribution in [2.75, 3.05) is 30.8 Å². The molecular weight excluding hydrogens is 378 g/mol. The lowest BCUT2D eigenvalue weighted by Gasteiger charge is -2.25. The van der Waals surface area contributed by atoms with Crippen LogP contribution >= 0.6 is 0 Å². The lowest BCUT2D eigenvalue weighted by atomic mass is 10.1. The molecule has 1 saturated heterocycles. The van der Waals surface area contributed by atoms with Gasteiger partial charge in [0.05, 0.1) is 30.3 Å². The summed E-state index contributed by atoms with van der Waals surface area (Å²) in [5.74, 6) is -0.130. The van der Waals surface area contributed by atoms with E-state index in [4.69, 9.17) is 4.74 Å². The summed E-state index contributed by atoms with van der Waals surface area (Å²) in [5, 5.41) is 0. The fourth-order valence-electron chi connectivity index (χ4n) is 3.13. The van der Waals surface area contributed by atoms with Crippen LogP contribution in [0.3, 0.4) is 0 Å². The van der Waals surface area contributed by atoms with E-state index in [9.17, 15) is 13.2 Å². The summed E-state index contributed by atoms with van der Waals surface area (Å²) in [4.78, 5) is 19.2. The number of carbonyl (C=O) groups excluding carboxylic acids is 1. The van der Waals surface area contributed by atoms with Gasteiger partial charge in [-0.3, -0.25) is 14.1 Å². The number of aromatic nitrogens is 1. The van der Waals surface area contributed by atoms with Crippen molar-refractivity contribution in [1.82, 2.24) is 9.88 Å². The second-order valence-electron chi connectivity index (χ2n) is 6.92. The minimum Gasteiger partial charge on any atom is -0.376 e. The van der Waals surface area contributed by atoms with E-state index in [1.807, 2.05) is 18.2 Å². The topological polar surface area (TPSA) is 79.8 Å². The summed E-state index contributed by atoms with van der Waals surface area (Å²) in [6.45, 7) is 1.62. The van der Waals surface area contributed by atoms with Crippen molar-refractivity contribution >= 4 is 21.6 Å². The van der Waals surface area contributed by atoms with Crippen LogP contribution in [0.5, 0.6) is 0 Å². The number of ether oxygens (including phenoxy) is 1. The van der Waals surface area contributed by atoms with E-state index in [-0.39, 0.29) is 12.0 Å². The van der Waals surface area contributed by atoms with Crippen molar-refractivity contribution < 1.29 is 17.9 Å². The Morgan fingerprint density at radius 3 is 2.54 bits per heavy atom. The van der Waals surface area contributed by atoms with Crippen molar-refractivity contribution in [3.05, 3.63) is 59.9 Å². The zero-order chi connectivity index (χ0) is 20.1. The maximum absolute atomic E-state index is 13.1. The molecule has 150 valence electrons. The van der Waals surface area contributed by atoms with Gasteiger partial charge in [-0.1, -0.05) is 6.07 Å². The first-order valence-corrected chi connectivity index (χ1v) is 11.0. The van der Waals surface area contributed by atoms with Gasteiger partial charge in [-0.25, -0.2) is 8.42 Å². The van der Waals surface area contributed by atoms with Crippen LogP contribution in [0.1, 0.15) is 28.9 Å². The minimum absolute atomic E-state index is 0.0308. The summed E-state index contributed by atoms with van der Waals surface area (Å²) in [6, 6.07) is 12.2. The molecule has 1 amide bonds. The molecule has 3 rings (SSSR count). The van der Waals surface area contributed by atoms with Crippen LogP contribution in [0.15, 0.2) is 48.7 Å². The first kappa shape index (κ1) is 20.3. The van der Waals surface area contributed by atoms with E-state index >= 15 is 0 Å². The van der Waals surface area contributed by atoms with Gasteiger partial charge in [-0.2, -0.15) is 0 Å². The summed E-state index contributed by atoms with van der Waals surface area (Å²) in [6.07, 6.45) is 4.82. The second kappa shape index (κ2) is 8.70. The van der Waals surface area contributed by atoms with E-state index in [0.717, 1.165) is 31.4 Å². The maximum atomic E-state index is 13.1. The Labute approximate surface area is 166 Å². The molecule has 1 unspecified atom stereocenters. The fourth-order valence-corrected chi connectivity index (χ4v) is 3.63. The minimum atomic E-state index is -3.35. The predicted molar refractivity (Wildman–Crippen MR) is 108 cm³/mol. The van der Waals surface area contributed by atoms with Crippen LogP contribution < -0.4 is 4.31 Å². The number of sulfonamides is 1. The number of anilines is 1. The third-order valence-corrected chi connectivity index (χ3v) is 6.00. The number of amides is 1. The van der Waals surface area contributed by atoms with Gasteiger partial charge in [0, 0.05) is 32.0 Å². The van der Waals surface area contributed by atoms with Crippen molar-refractivity contribution in [2.45, 2.75) is 25.5 Å². The molecule has 0 saturated carbocycles. The van der Waals surface area contributed by atoms with Crippen LogP contribution in [0.4, 0.5) is 5.69 Å². The van der Waals surface area contributed by atoms with Crippen LogP contribution in [0, 0.1) is 0 Å². The monoisotopic (exact) mass is 403 g/mol. The molecule has 1 aromatic heterocycles. The van der Waals surface area contributed by atoms with Crippen molar-refractivity contribution in [3.63, 3.8) is 0 Å².